The van der Waals surface area contributed by atoms with E-state index in [4.69, 9.17) is 15.2 Å². The third kappa shape index (κ3) is 2.58. The van der Waals surface area contributed by atoms with Gasteiger partial charge in [-0.05, 0) is 5.57 Å². The molecular weight excluding hydrogens is 296 g/mol. The van der Waals surface area contributed by atoms with E-state index in [2.05, 4.69) is 5.32 Å². The van der Waals surface area contributed by atoms with Crippen LogP contribution in [0.5, 0.6) is 0 Å². The van der Waals surface area contributed by atoms with Crippen LogP contribution in [-0.2, 0) is 9.47 Å². The highest BCUT2D eigenvalue weighted by atomic mass is 16.7. The Kier molecular flexibility index (Phi) is 4.52. The Hall–Kier alpha value is -0.620. The summed E-state index contributed by atoms with van der Waals surface area (Å²) in [4.78, 5) is 0. The molecule has 0 aromatic rings. The molecule has 2 fully saturated rings. The summed E-state index contributed by atoms with van der Waals surface area (Å²) < 4.78 is 10.9. The molecule has 2 heterocycles. The minimum absolute atomic E-state index is 0.200. The molecule has 9 nitrogen and oxygen atoms in total. The summed E-state index contributed by atoms with van der Waals surface area (Å²) in [5, 5.41) is 52.2. The van der Waals surface area contributed by atoms with E-state index in [1.165, 1.54) is 6.08 Å². The van der Waals surface area contributed by atoms with E-state index in [1.807, 2.05) is 0 Å². The average Bonchev–Trinajstić information content (AvgIpc) is 2.96. The second-order valence-corrected chi connectivity index (χ2v) is 5.99. The highest BCUT2D eigenvalue weighted by Gasteiger charge is 2.50. The molecule has 0 radical (unpaired) electrons. The van der Waals surface area contributed by atoms with E-state index in [0.717, 1.165) is 0 Å². The zero-order valence-corrected chi connectivity index (χ0v) is 11.8. The summed E-state index contributed by atoms with van der Waals surface area (Å²) in [6.07, 6.45) is -4.64. The standard InChI is InChI=1S/C13H22N2O7/c14-7-11(19)8(6-3-21-13(7)22-6)15-5-1-4(2-16)9(17)12(20)10(5)18/h1,5-13,15-20H,2-3,14H2/t5-,6+,7+,8-,9+,10-,11+,12-,13+/m0/s1. The molecule has 0 aromatic heterocycles. The summed E-state index contributed by atoms with van der Waals surface area (Å²) in [5.41, 5.74) is 6.05. The highest BCUT2D eigenvalue weighted by Crippen LogP contribution is 2.29. The first-order valence-electron chi connectivity index (χ1n) is 7.26. The quantitative estimate of drug-likeness (QED) is 0.256. The van der Waals surface area contributed by atoms with Crippen LogP contribution in [0.3, 0.4) is 0 Å². The predicted molar refractivity (Wildman–Crippen MR) is 72.5 cm³/mol. The molecule has 22 heavy (non-hydrogen) atoms. The number of hydrogen-bond donors (Lipinski definition) is 7. The van der Waals surface area contributed by atoms with Crippen LogP contribution in [0.2, 0.25) is 0 Å². The van der Waals surface area contributed by atoms with Crippen LogP contribution in [0, 0.1) is 0 Å². The molecule has 0 aromatic carbocycles. The molecule has 0 spiro atoms. The number of aliphatic hydroxyl groups is 5. The smallest absolute Gasteiger partial charge is 0.175 e. The molecule has 2 bridgehead atoms. The largest absolute Gasteiger partial charge is 0.392 e. The Morgan fingerprint density at radius 1 is 1.18 bits per heavy atom. The Morgan fingerprint density at radius 3 is 2.59 bits per heavy atom. The summed E-state index contributed by atoms with van der Waals surface area (Å²) in [5.74, 6) is 0. The normalized spacial score (nSPS) is 51.7. The first-order chi connectivity index (χ1) is 10.4. The Balaban J connectivity index is 1.78. The number of nitrogens with two attached hydrogens (primary N) is 1. The van der Waals surface area contributed by atoms with Gasteiger partial charge in [-0.25, -0.2) is 0 Å². The van der Waals surface area contributed by atoms with Crippen LogP contribution in [0.1, 0.15) is 0 Å². The summed E-state index contributed by atoms with van der Waals surface area (Å²) in [6, 6.07) is -2.10. The van der Waals surface area contributed by atoms with Crippen molar-refractivity contribution < 1.29 is 35.0 Å². The van der Waals surface area contributed by atoms with Gasteiger partial charge in [-0.1, -0.05) is 6.08 Å². The molecule has 126 valence electrons. The lowest BCUT2D eigenvalue weighted by molar-refractivity contribution is -0.147. The summed E-state index contributed by atoms with van der Waals surface area (Å²) in [7, 11) is 0. The van der Waals surface area contributed by atoms with E-state index < -0.39 is 61.5 Å². The van der Waals surface area contributed by atoms with Gasteiger partial charge in [0.05, 0.1) is 37.4 Å². The van der Waals surface area contributed by atoms with Gasteiger partial charge in [-0.2, -0.15) is 0 Å². The molecule has 3 aliphatic rings. The van der Waals surface area contributed by atoms with Crippen LogP contribution in [-0.4, -0.2) is 93.7 Å². The highest BCUT2D eigenvalue weighted by molar-refractivity contribution is 5.22. The van der Waals surface area contributed by atoms with E-state index in [1.54, 1.807) is 0 Å². The third-order valence-corrected chi connectivity index (χ3v) is 4.59. The fourth-order valence-corrected chi connectivity index (χ4v) is 3.22. The summed E-state index contributed by atoms with van der Waals surface area (Å²) in [6.45, 7) is -0.182. The van der Waals surface area contributed by atoms with E-state index in [-0.39, 0.29) is 12.2 Å². The van der Waals surface area contributed by atoms with Gasteiger partial charge in [0.2, 0.25) is 0 Å². The van der Waals surface area contributed by atoms with Crippen molar-refractivity contribution in [1.82, 2.24) is 5.32 Å². The van der Waals surface area contributed by atoms with Gasteiger partial charge < -0.3 is 46.1 Å². The molecule has 0 saturated carbocycles. The molecule has 0 unspecified atom stereocenters. The summed E-state index contributed by atoms with van der Waals surface area (Å²) >= 11 is 0. The van der Waals surface area contributed by atoms with Gasteiger partial charge in [0.1, 0.15) is 24.4 Å². The molecular formula is C13H22N2O7. The van der Waals surface area contributed by atoms with Gasteiger partial charge in [0.25, 0.3) is 0 Å². The fourth-order valence-electron chi connectivity index (χ4n) is 3.22. The van der Waals surface area contributed by atoms with Crippen LogP contribution in [0.15, 0.2) is 11.6 Å². The minimum Gasteiger partial charge on any atom is -0.392 e. The van der Waals surface area contributed by atoms with Crippen LogP contribution >= 0.6 is 0 Å². The second kappa shape index (κ2) is 6.11. The SMILES string of the molecule is N[C@H]1[C@@H]2OC[C@@H](O2)[C@H](N[C@H]2C=C(CO)[C@@H](O)[C@H](O)[C@H]2O)[C@@H]1O. The fraction of sp³-hybridized carbons (Fsp3) is 0.846. The van der Waals surface area contributed by atoms with Crippen molar-refractivity contribution in [2.75, 3.05) is 13.2 Å². The van der Waals surface area contributed by atoms with Crippen molar-refractivity contribution >= 4 is 0 Å². The monoisotopic (exact) mass is 318 g/mol. The number of aliphatic hydroxyl groups excluding tert-OH is 5. The zero-order chi connectivity index (χ0) is 16.0. The molecule has 2 saturated heterocycles. The molecule has 0 amide bonds. The van der Waals surface area contributed by atoms with Gasteiger partial charge in [0.15, 0.2) is 6.29 Å². The third-order valence-electron chi connectivity index (χ3n) is 4.59. The molecule has 8 N–H and O–H groups in total. The van der Waals surface area contributed by atoms with Crippen molar-refractivity contribution in [3.05, 3.63) is 11.6 Å². The Bertz CT molecular complexity index is 448. The maximum atomic E-state index is 10.3. The lowest BCUT2D eigenvalue weighted by atomic mass is 9.86. The van der Waals surface area contributed by atoms with Gasteiger partial charge in [0, 0.05) is 0 Å². The van der Waals surface area contributed by atoms with Crippen molar-refractivity contribution in [2.45, 2.75) is 54.9 Å². The van der Waals surface area contributed by atoms with Crippen LogP contribution in [0.25, 0.3) is 0 Å². The van der Waals surface area contributed by atoms with Crippen molar-refractivity contribution in [3.8, 4) is 0 Å². The Labute approximate surface area is 126 Å². The van der Waals surface area contributed by atoms with Crippen LogP contribution < -0.4 is 11.1 Å². The topological polar surface area (TPSA) is 158 Å². The molecule has 9 atom stereocenters. The zero-order valence-electron chi connectivity index (χ0n) is 11.8. The minimum atomic E-state index is -1.44. The Morgan fingerprint density at radius 2 is 1.91 bits per heavy atom. The van der Waals surface area contributed by atoms with E-state index in [0.29, 0.717) is 0 Å². The molecule has 9 heteroatoms. The van der Waals surface area contributed by atoms with Crippen molar-refractivity contribution in [2.24, 2.45) is 5.73 Å². The predicted octanol–water partition coefficient (Wildman–Crippen LogP) is -4.23. The van der Waals surface area contributed by atoms with Gasteiger partial charge in [-0.15, -0.1) is 0 Å². The van der Waals surface area contributed by atoms with Gasteiger partial charge in [-0.3, -0.25) is 0 Å². The average molecular weight is 318 g/mol. The maximum Gasteiger partial charge on any atom is 0.175 e. The number of fused-ring (bicyclic) bond motifs is 2. The molecule has 1 aliphatic carbocycles. The van der Waals surface area contributed by atoms with Crippen LogP contribution in [0.4, 0.5) is 0 Å². The molecule has 3 rings (SSSR count). The van der Waals surface area contributed by atoms with E-state index >= 15 is 0 Å². The number of hydrogen-bond acceptors (Lipinski definition) is 9. The van der Waals surface area contributed by atoms with Crippen molar-refractivity contribution in [1.29, 1.82) is 0 Å². The number of rotatable bonds is 3. The first kappa shape index (κ1) is 16.2. The maximum absolute atomic E-state index is 10.3. The lowest BCUT2D eigenvalue weighted by Gasteiger charge is -2.41. The first-order valence-corrected chi connectivity index (χ1v) is 7.26. The number of ether oxygens (including phenoxy) is 2. The number of nitrogens with one attached hydrogen (secondary N) is 1. The van der Waals surface area contributed by atoms with Crippen molar-refractivity contribution in [3.63, 3.8) is 0 Å². The second-order valence-electron chi connectivity index (χ2n) is 5.99. The van der Waals surface area contributed by atoms with Gasteiger partial charge >= 0.3 is 0 Å². The van der Waals surface area contributed by atoms with E-state index in [9.17, 15) is 25.5 Å². The molecule has 2 aliphatic heterocycles. The lowest BCUT2D eigenvalue weighted by Crippen LogP contribution is -2.66.